The molecule has 6 nitrogen and oxygen atoms in total. The lowest BCUT2D eigenvalue weighted by atomic mass is 10.2. The molecule has 0 atom stereocenters. The van der Waals surface area contributed by atoms with Gasteiger partial charge in [-0.25, -0.2) is 18.1 Å². The minimum absolute atomic E-state index is 0.140. The number of nitrogens with zero attached hydrogens (tertiary/aromatic N) is 2. The lowest BCUT2D eigenvalue weighted by Gasteiger charge is -2.11. The molecule has 0 spiro atoms. The molecule has 0 aliphatic carbocycles. The van der Waals surface area contributed by atoms with Crippen LogP contribution in [0.5, 0.6) is 0 Å². The summed E-state index contributed by atoms with van der Waals surface area (Å²) in [5.74, 6) is 0.269. The first-order valence-corrected chi connectivity index (χ1v) is 8.46. The summed E-state index contributed by atoms with van der Waals surface area (Å²) < 4.78 is 29.1. The highest BCUT2D eigenvalue weighted by atomic mass is 32.2. The van der Waals surface area contributed by atoms with Crippen molar-refractivity contribution in [3.63, 3.8) is 0 Å². The van der Waals surface area contributed by atoms with E-state index in [9.17, 15) is 8.42 Å². The maximum atomic E-state index is 12.4. The minimum atomic E-state index is -3.70. The number of anilines is 2. The highest BCUT2D eigenvalue weighted by Gasteiger charge is 2.16. The Labute approximate surface area is 134 Å². The van der Waals surface area contributed by atoms with Crippen LogP contribution in [0.4, 0.5) is 11.6 Å². The van der Waals surface area contributed by atoms with Gasteiger partial charge in [-0.1, -0.05) is 30.3 Å². The molecule has 0 fully saturated rings. The van der Waals surface area contributed by atoms with Crippen molar-refractivity contribution in [2.24, 2.45) is 0 Å². The molecule has 3 N–H and O–H groups in total. The van der Waals surface area contributed by atoms with Gasteiger partial charge >= 0.3 is 0 Å². The summed E-state index contributed by atoms with van der Waals surface area (Å²) >= 11 is 0. The Morgan fingerprint density at radius 2 is 1.74 bits per heavy atom. The second-order valence-corrected chi connectivity index (χ2v) is 6.72. The minimum Gasteiger partial charge on any atom is -0.399 e. The summed E-state index contributed by atoms with van der Waals surface area (Å²) in [7, 11) is -3.70. The van der Waals surface area contributed by atoms with Crippen LogP contribution in [-0.2, 0) is 16.6 Å². The van der Waals surface area contributed by atoms with Crippen molar-refractivity contribution in [3.05, 3.63) is 72.6 Å². The smallest absolute Gasteiger partial charge is 0.264 e. The molecule has 1 aromatic heterocycles. The number of nitrogens with one attached hydrogen (secondary N) is 1. The Kier molecular flexibility index (Phi) is 4.03. The van der Waals surface area contributed by atoms with Crippen molar-refractivity contribution < 1.29 is 8.42 Å². The normalized spacial score (nSPS) is 11.3. The molecule has 118 valence electrons. The molecular weight excluding hydrogens is 312 g/mol. The Morgan fingerprint density at radius 3 is 2.43 bits per heavy atom. The molecule has 0 aliphatic heterocycles. The zero-order valence-electron chi connectivity index (χ0n) is 12.3. The number of sulfonamides is 1. The van der Waals surface area contributed by atoms with E-state index >= 15 is 0 Å². The molecule has 3 aromatic rings. The fourth-order valence-electron chi connectivity index (χ4n) is 2.15. The Bertz CT molecular complexity index is 887. The third-order valence-corrected chi connectivity index (χ3v) is 4.67. The largest absolute Gasteiger partial charge is 0.399 e. The van der Waals surface area contributed by atoms with Crippen LogP contribution in [0, 0.1) is 0 Å². The van der Waals surface area contributed by atoms with Crippen molar-refractivity contribution in [1.82, 2.24) is 9.55 Å². The van der Waals surface area contributed by atoms with Crippen molar-refractivity contribution >= 4 is 21.7 Å². The third kappa shape index (κ3) is 3.51. The van der Waals surface area contributed by atoms with Gasteiger partial charge in [0.1, 0.15) is 0 Å². The van der Waals surface area contributed by atoms with Crippen molar-refractivity contribution in [1.29, 1.82) is 0 Å². The predicted octanol–water partition coefficient (Wildman–Crippen LogP) is 2.31. The van der Waals surface area contributed by atoms with E-state index in [2.05, 4.69) is 9.71 Å². The predicted molar refractivity (Wildman–Crippen MR) is 89.4 cm³/mol. The first kappa shape index (κ1) is 15.1. The highest BCUT2D eigenvalue weighted by Crippen LogP contribution is 2.17. The Morgan fingerprint density at radius 1 is 1.04 bits per heavy atom. The number of rotatable bonds is 5. The van der Waals surface area contributed by atoms with Crippen LogP contribution in [-0.4, -0.2) is 18.0 Å². The van der Waals surface area contributed by atoms with Gasteiger partial charge in [-0.3, -0.25) is 0 Å². The molecule has 2 aromatic carbocycles. The highest BCUT2D eigenvalue weighted by molar-refractivity contribution is 7.92. The maximum Gasteiger partial charge on any atom is 0.264 e. The summed E-state index contributed by atoms with van der Waals surface area (Å²) in [6.45, 7) is 0.528. The first-order valence-electron chi connectivity index (χ1n) is 6.98. The molecule has 0 saturated heterocycles. The van der Waals surface area contributed by atoms with Gasteiger partial charge in [0, 0.05) is 18.1 Å². The van der Waals surface area contributed by atoms with Crippen LogP contribution in [0.2, 0.25) is 0 Å². The van der Waals surface area contributed by atoms with E-state index in [-0.39, 0.29) is 10.8 Å². The zero-order valence-corrected chi connectivity index (χ0v) is 13.1. The van der Waals surface area contributed by atoms with Gasteiger partial charge in [-0.2, -0.15) is 0 Å². The number of nitrogens with two attached hydrogens (primary N) is 1. The summed E-state index contributed by atoms with van der Waals surface area (Å²) in [4.78, 5) is 4.23. The van der Waals surface area contributed by atoms with Crippen LogP contribution in [0.25, 0.3) is 0 Å². The van der Waals surface area contributed by atoms with Crippen LogP contribution in [0.15, 0.2) is 71.9 Å². The second kappa shape index (κ2) is 6.13. The average molecular weight is 328 g/mol. The number of aromatic nitrogens is 2. The monoisotopic (exact) mass is 328 g/mol. The fourth-order valence-corrected chi connectivity index (χ4v) is 3.17. The lowest BCUT2D eigenvalue weighted by Crippen LogP contribution is -2.17. The Balaban J connectivity index is 1.83. The summed E-state index contributed by atoms with van der Waals surface area (Å²) in [6.07, 6.45) is 3.29. The maximum absolute atomic E-state index is 12.4. The molecule has 0 bridgehead atoms. The topological polar surface area (TPSA) is 90.0 Å². The summed E-state index contributed by atoms with van der Waals surface area (Å²) in [5, 5.41) is 0. The SMILES string of the molecule is Nc1ccc(S(=O)(=O)Nc2nccn2Cc2ccccc2)cc1. The van der Waals surface area contributed by atoms with Gasteiger partial charge in [0.2, 0.25) is 5.95 Å². The molecule has 0 unspecified atom stereocenters. The van der Waals surface area contributed by atoms with Crippen molar-refractivity contribution in [3.8, 4) is 0 Å². The number of hydrogen-bond donors (Lipinski definition) is 2. The molecule has 23 heavy (non-hydrogen) atoms. The zero-order chi connectivity index (χ0) is 16.3. The molecule has 0 amide bonds. The van der Waals surface area contributed by atoms with Gasteiger partial charge in [-0.15, -0.1) is 0 Å². The van der Waals surface area contributed by atoms with Gasteiger partial charge in [0.15, 0.2) is 0 Å². The molecular formula is C16H16N4O2S. The van der Waals surface area contributed by atoms with E-state index in [0.717, 1.165) is 5.56 Å². The van der Waals surface area contributed by atoms with E-state index in [1.807, 2.05) is 30.3 Å². The van der Waals surface area contributed by atoms with E-state index < -0.39 is 10.0 Å². The van der Waals surface area contributed by atoms with Crippen LogP contribution in [0.1, 0.15) is 5.56 Å². The fraction of sp³-hybridized carbons (Fsp3) is 0.0625. The third-order valence-electron chi connectivity index (χ3n) is 3.33. The van der Waals surface area contributed by atoms with Crippen molar-refractivity contribution in [2.45, 2.75) is 11.4 Å². The van der Waals surface area contributed by atoms with Crippen LogP contribution < -0.4 is 10.5 Å². The molecule has 1 heterocycles. The van der Waals surface area contributed by atoms with Crippen molar-refractivity contribution in [2.75, 3.05) is 10.5 Å². The van der Waals surface area contributed by atoms with Gasteiger partial charge < -0.3 is 10.3 Å². The molecule has 0 radical (unpaired) electrons. The number of benzene rings is 2. The molecule has 3 rings (SSSR count). The van der Waals surface area contributed by atoms with E-state index in [0.29, 0.717) is 12.2 Å². The van der Waals surface area contributed by atoms with E-state index in [1.165, 1.54) is 12.1 Å². The summed E-state index contributed by atoms with van der Waals surface area (Å²) in [6, 6.07) is 15.8. The van der Waals surface area contributed by atoms with E-state index in [1.54, 1.807) is 29.1 Å². The molecule has 0 aliphatic rings. The number of hydrogen-bond acceptors (Lipinski definition) is 4. The number of imidazole rings is 1. The lowest BCUT2D eigenvalue weighted by molar-refractivity contribution is 0.600. The van der Waals surface area contributed by atoms with Gasteiger partial charge in [0.25, 0.3) is 10.0 Å². The second-order valence-electron chi connectivity index (χ2n) is 5.04. The number of nitrogen functional groups attached to an aromatic ring is 1. The summed E-state index contributed by atoms with van der Waals surface area (Å²) in [5.41, 5.74) is 7.15. The standard InChI is InChI=1S/C16H16N4O2S/c17-14-6-8-15(9-7-14)23(21,22)19-16-18-10-11-20(16)12-13-4-2-1-3-5-13/h1-11H,12,17H2,(H,18,19). The van der Waals surface area contributed by atoms with Gasteiger partial charge in [-0.05, 0) is 29.8 Å². The Hall–Kier alpha value is -2.80. The van der Waals surface area contributed by atoms with Crippen LogP contribution >= 0.6 is 0 Å². The molecule has 7 heteroatoms. The van der Waals surface area contributed by atoms with E-state index in [4.69, 9.17) is 5.73 Å². The molecule has 0 saturated carbocycles. The quantitative estimate of drug-likeness (QED) is 0.703. The van der Waals surface area contributed by atoms with Crippen LogP contribution in [0.3, 0.4) is 0 Å². The average Bonchev–Trinajstić information content (AvgIpc) is 2.95. The van der Waals surface area contributed by atoms with Gasteiger partial charge in [0.05, 0.1) is 11.4 Å². The first-order chi connectivity index (χ1) is 11.0.